The number of rotatable bonds is 5. The van der Waals surface area contributed by atoms with Crippen molar-refractivity contribution in [1.29, 1.82) is 0 Å². The largest absolute Gasteiger partial charge is 0.344 e. The van der Waals surface area contributed by atoms with Gasteiger partial charge in [-0.3, -0.25) is 0 Å². The van der Waals surface area contributed by atoms with Gasteiger partial charge in [0, 0.05) is 18.8 Å². The molecule has 21 heavy (non-hydrogen) atoms. The molecule has 0 amide bonds. The molecule has 2 unspecified atom stereocenters. The minimum absolute atomic E-state index is 0.698. The summed E-state index contributed by atoms with van der Waals surface area (Å²) >= 11 is 0. The Labute approximate surface area is 128 Å². The van der Waals surface area contributed by atoms with E-state index in [9.17, 15) is 0 Å². The van der Waals surface area contributed by atoms with Crippen LogP contribution in [0.5, 0.6) is 0 Å². The fourth-order valence-corrected chi connectivity index (χ4v) is 3.89. The van der Waals surface area contributed by atoms with Crippen LogP contribution in [0.1, 0.15) is 57.6 Å². The summed E-state index contributed by atoms with van der Waals surface area (Å²) in [6.45, 7) is 6.52. The molecule has 2 aromatic rings. The summed E-state index contributed by atoms with van der Waals surface area (Å²) in [7, 11) is 0. The monoisotopic (exact) mass is 284 g/mol. The lowest BCUT2D eigenvalue weighted by molar-refractivity contribution is 0.265. The first-order valence-electron chi connectivity index (χ1n) is 8.62. The Bertz CT molecular complexity index is 584. The Hall–Kier alpha value is -1.28. The van der Waals surface area contributed by atoms with Crippen molar-refractivity contribution >= 4 is 10.9 Å². The Balaban J connectivity index is 1.94. The maximum Gasteiger partial charge on any atom is 0.0528 e. The minimum Gasteiger partial charge on any atom is -0.344 e. The third-order valence-corrected chi connectivity index (χ3v) is 5.12. The Morgan fingerprint density at radius 1 is 1.19 bits per heavy atom. The topological polar surface area (TPSA) is 17.0 Å². The van der Waals surface area contributed by atoms with Gasteiger partial charge < -0.3 is 9.88 Å². The van der Waals surface area contributed by atoms with Gasteiger partial charge in [-0.15, -0.1) is 0 Å². The van der Waals surface area contributed by atoms with Crippen LogP contribution in [0.4, 0.5) is 0 Å². The molecule has 1 N–H and O–H groups in total. The van der Waals surface area contributed by atoms with Gasteiger partial charge in [0.1, 0.15) is 0 Å². The van der Waals surface area contributed by atoms with Crippen molar-refractivity contribution in [3.8, 4) is 0 Å². The molecule has 0 aliphatic heterocycles. The fourth-order valence-electron chi connectivity index (χ4n) is 3.89. The van der Waals surface area contributed by atoms with E-state index < -0.39 is 0 Å². The summed E-state index contributed by atoms with van der Waals surface area (Å²) in [4.78, 5) is 0. The second kappa shape index (κ2) is 6.65. The molecular weight excluding hydrogens is 256 g/mol. The summed E-state index contributed by atoms with van der Waals surface area (Å²) in [6, 6.07) is 9.71. The summed E-state index contributed by atoms with van der Waals surface area (Å²) in [5.74, 6) is 0.919. The second-order valence-electron chi connectivity index (χ2n) is 6.45. The Morgan fingerprint density at radius 2 is 2.10 bits per heavy atom. The van der Waals surface area contributed by atoms with E-state index in [1.807, 2.05) is 0 Å². The van der Waals surface area contributed by atoms with Crippen molar-refractivity contribution in [1.82, 2.24) is 9.88 Å². The van der Waals surface area contributed by atoms with Crippen LogP contribution in [0, 0.1) is 5.92 Å². The zero-order chi connectivity index (χ0) is 14.7. The fraction of sp³-hybridized carbons (Fsp3) is 0.579. The highest BCUT2D eigenvalue weighted by Crippen LogP contribution is 2.36. The standard InChI is InChI=1S/C19H28N2/c1-3-15-7-5-10-18(13-15)21-12-11-16-8-6-9-17(19(16)21)14-20-4-2/h6,8-9,11-12,15,18,20H,3-5,7,10,13-14H2,1-2H3. The van der Waals surface area contributed by atoms with Crippen LogP contribution >= 0.6 is 0 Å². The normalized spacial score (nSPS) is 22.8. The molecule has 1 aliphatic carbocycles. The van der Waals surface area contributed by atoms with Gasteiger partial charge in [0.05, 0.1) is 5.52 Å². The first kappa shape index (κ1) is 14.6. The van der Waals surface area contributed by atoms with Crippen LogP contribution < -0.4 is 5.32 Å². The summed E-state index contributed by atoms with van der Waals surface area (Å²) in [5.41, 5.74) is 2.90. The number of aromatic nitrogens is 1. The smallest absolute Gasteiger partial charge is 0.0528 e. The predicted octanol–water partition coefficient (Wildman–Crippen LogP) is 4.89. The highest BCUT2D eigenvalue weighted by Gasteiger charge is 2.23. The molecule has 1 aromatic heterocycles. The van der Waals surface area contributed by atoms with Crippen LogP contribution in [0.2, 0.25) is 0 Å². The van der Waals surface area contributed by atoms with Gasteiger partial charge in [-0.25, -0.2) is 0 Å². The average molecular weight is 284 g/mol. The number of hydrogen-bond donors (Lipinski definition) is 1. The molecule has 114 valence electrons. The molecule has 0 radical (unpaired) electrons. The van der Waals surface area contributed by atoms with Crippen LogP contribution in [-0.4, -0.2) is 11.1 Å². The van der Waals surface area contributed by atoms with Crippen molar-refractivity contribution in [2.45, 2.75) is 58.5 Å². The van der Waals surface area contributed by atoms with Gasteiger partial charge in [0.2, 0.25) is 0 Å². The molecule has 0 spiro atoms. The highest BCUT2D eigenvalue weighted by molar-refractivity contribution is 5.83. The van der Waals surface area contributed by atoms with Crippen molar-refractivity contribution in [3.63, 3.8) is 0 Å². The van der Waals surface area contributed by atoms with E-state index in [-0.39, 0.29) is 0 Å². The van der Waals surface area contributed by atoms with Crippen molar-refractivity contribution in [3.05, 3.63) is 36.0 Å². The number of para-hydroxylation sites is 1. The molecule has 1 aromatic carbocycles. The number of hydrogen-bond acceptors (Lipinski definition) is 1. The third-order valence-electron chi connectivity index (χ3n) is 5.12. The Morgan fingerprint density at radius 3 is 2.90 bits per heavy atom. The summed E-state index contributed by atoms with van der Waals surface area (Å²) < 4.78 is 2.57. The maximum absolute atomic E-state index is 3.48. The van der Waals surface area contributed by atoms with Gasteiger partial charge in [0.25, 0.3) is 0 Å². The van der Waals surface area contributed by atoms with E-state index in [2.05, 4.69) is 54.2 Å². The molecule has 1 fully saturated rings. The van der Waals surface area contributed by atoms with Crippen LogP contribution in [-0.2, 0) is 6.54 Å². The van der Waals surface area contributed by atoms with Gasteiger partial charge >= 0.3 is 0 Å². The van der Waals surface area contributed by atoms with E-state index in [1.54, 1.807) is 0 Å². The molecule has 2 nitrogen and oxygen atoms in total. The van der Waals surface area contributed by atoms with E-state index in [4.69, 9.17) is 0 Å². The van der Waals surface area contributed by atoms with Crippen molar-refractivity contribution in [2.24, 2.45) is 5.92 Å². The van der Waals surface area contributed by atoms with Crippen molar-refractivity contribution in [2.75, 3.05) is 6.54 Å². The summed E-state index contributed by atoms with van der Waals surface area (Å²) in [6.07, 6.45) is 9.17. The molecular formula is C19H28N2. The first-order valence-corrected chi connectivity index (χ1v) is 8.62. The lowest BCUT2D eigenvalue weighted by Crippen LogP contribution is -2.19. The molecule has 0 bridgehead atoms. The molecule has 3 rings (SSSR count). The number of nitrogens with zero attached hydrogens (tertiary/aromatic N) is 1. The van der Waals surface area contributed by atoms with Crippen LogP contribution in [0.15, 0.2) is 30.5 Å². The predicted molar refractivity (Wildman–Crippen MR) is 90.6 cm³/mol. The lowest BCUT2D eigenvalue weighted by atomic mass is 9.84. The van der Waals surface area contributed by atoms with E-state index in [1.165, 1.54) is 48.6 Å². The SMILES string of the molecule is CCNCc1cccc2ccn(C3CCCC(CC)C3)c12. The molecule has 1 aliphatic rings. The summed E-state index contributed by atoms with van der Waals surface area (Å²) in [5, 5.41) is 4.88. The van der Waals surface area contributed by atoms with Crippen LogP contribution in [0.3, 0.4) is 0 Å². The van der Waals surface area contributed by atoms with Crippen LogP contribution in [0.25, 0.3) is 10.9 Å². The van der Waals surface area contributed by atoms with Gasteiger partial charge in [-0.1, -0.05) is 51.3 Å². The van der Waals surface area contributed by atoms with E-state index in [0.717, 1.165) is 19.0 Å². The quantitative estimate of drug-likeness (QED) is 0.827. The third kappa shape index (κ3) is 3.01. The highest BCUT2D eigenvalue weighted by atomic mass is 15.0. The number of benzene rings is 1. The molecule has 2 atom stereocenters. The van der Waals surface area contributed by atoms with Gasteiger partial charge in [0.15, 0.2) is 0 Å². The molecule has 1 saturated carbocycles. The minimum atomic E-state index is 0.698. The van der Waals surface area contributed by atoms with E-state index in [0.29, 0.717) is 6.04 Å². The van der Waals surface area contributed by atoms with Crippen molar-refractivity contribution < 1.29 is 0 Å². The second-order valence-corrected chi connectivity index (χ2v) is 6.45. The molecule has 1 heterocycles. The maximum atomic E-state index is 3.48. The Kier molecular flexibility index (Phi) is 4.64. The van der Waals surface area contributed by atoms with Gasteiger partial charge in [-0.05, 0) is 42.3 Å². The van der Waals surface area contributed by atoms with Gasteiger partial charge in [-0.2, -0.15) is 0 Å². The first-order chi connectivity index (χ1) is 10.3. The lowest BCUT2D eigenvalue weighted by Gasteiger charge is -2.30. The van der Waals surface area contributed by atoms with E-state index >= 15 is 0 Å². The zero-order valence-electron chi connectivity index (χ0n) is 13.4. The molecule has 0 saturated heterocycles. The number of fused-ring (bicyclic) bond motifs is 1. The number of nitrogens with one attached hydrogen (secondary N) is 1. The average Bonchev–Trinajstić information content (AvgIpc) is 2.97. The molecule has 2 heteroatoms. The zero-order valence-corrected chi connectivity index (χ0v) is 13.4.